The van der Waals surface area contributed by atoms with E-state index in [1.54, 1.807) is 74.6 Å². The van der Waals surface area contributed by atoms with Crippen LogP contribution in [0.3, 0.4) is 0 Å². The van der Waals surface area contributed by atoms with Crippen molar-refractivity contribution in [2.24, 2.45) is 5.41 Å². The molecule has 4 amide bonds. The number of thiazole rings is 1. The van der Waals surface area contributed by atoms with E-state index < -0.39 is 82.1 Å². The number of quaternary nitrogens is 1. The second-order valence-corrected chi connectivity index (χ2v) is 24.3. The topological polar surface area (TPSA) is 204 Å². The van der Waals surface area contributed by atoms with E-state index >= 15 is 0 Å². The smallest absolute Gasteiger partial charge is 0.417 e. The second kappa shape index (κ2) is 25.9. The lowest BCUT2D eigenvalue weighted by Crippen LogP contribution is -2.58. The third-order valence-corrected chi connectivity index (χ3v) is 15.4. The molecule has 4 aromatic carbocycles. The lowest BCUT2D eigenvalue weighted by molar-refractivity contribution is -0.873. The van der Waals surface area contributed by atoms with Gasteiger partial charge >= 0.3 is 12.1 Å². The number of aromatic nitrogens is 1. The zero-order valence-corrected chi connectivity index (χ0v) is 49.1. The van der Waals surface area contributed by atoms with E-state index in [0.717, 1.165) is 49.9 Å². The maximum Gasteiger partial charge on any atom is 0.417 e. The van der Waals surface area contributed by atoms with Crippen molar-refractivity contribution in [3.05, 3.63) is 119 Å². The van der Waals surface area contributed by atoms with Crippen LogP contribution >= 0.6 is 23.6 Å². The first-order chi connectivity index (χ1) is 38.5. The predicted molar refractivity (Wildman–Crippen MR) is 309 cm³/mol. The minimum Gasteiger partial charge on any atom is -0.494 e. The normalized spacial score (nSPS) is 17.1. The van der Waals surface area contributed by atoms with E-state index in [-0.39, 0.29) is 49.9 Å². The molecule has 3 N–H and O–H groups in total. The number of rotatable bonds is 22. The molecule has 2 fully saturated rings. The summed E-state index contributed by atoms with van der Waals surface area (Å²) >= 11 is 7.23. The molecule has 5 aromatic rings. The molecule has 82 heavy (non-hydrogen) atoms. The van der Waals surface area contributed by atoms with Gasteiger partial charge in [-0.25, -0.2) is 4.98 Å². The number of thiocarbonyl (C=S) groups is 1. The van der Waals surface area contributed by atoms with E-state index in [9.17, 15) is 47.5 Å². The number of aryl methyl sites for hydroxylation is 1. The summed E-state index contributed by atoms with van der Waals surface area (Å²) in [5, 5.41) is 25.6. The summed E-state index contributed by atoms with van der Waals surface area (Å²) in [5.74, 6) is -2.04. The third-order valence-electron chi connectivity index (χ3n) is 14.0. The number of hydrogen-bond donors (Lipinski definition) is 3. The molecule has 2 aliphatic rings. The summed E-state index contributed by atoms with van der Waals surface area (Å²) in [6, 6.07) is 25.0. The Bertz CT molecular complexity index is 3170. The average molecular weight is 1170 g/mol. The number of aliphatic hydroxyl groups excluding tert-OH is 1. The lowest BCUT2D eigenvalue weighted by atomic mass is 9.85. The minimum absolute atomic E-state index is 0.00551. The van der Waals surface area contributed by atoms with E-state index in [1.807, 2.05) is 88.7 Å². The number of likely N-dealkylation sites (N-methyl/N-ethyl adjacent to an activating group) is 1. The van der Waals surface area contributed by atoms with Crippen LogP contribution in [0, 0.1) is 23.7 Å². The number of hydrogen-bond acceptors (Lipinski definition) is 13. The molecule has 0 saturated carbocycles. The Hall–Kier alpha value is -7.29. The Labute approximate surface area is 485 Å². The number of nitriles is 1. The van der Waals surface area contributed by atoms with Crippen molar-refractivity contribution in [1.29, 1.82) is 5.26 Å². The molecule has 22 heteroatoms. The monoisotopic (exact) mass is 1170 g/mol. The molecule has 436 valence electrons. The van der Waals surface area contributed by atoms with Crippen LogP contribution in [-0.2, 0) is 46.2 Å². The van der Waals surface area contributed by atoms with Crippen molar-refractivity contribution in [3.8, 4) is 33.4 Å². The highest BCUT2D eigenvalue weighted by Crippen LogP contribution is 2.40. The van der Waals surface area contributed by atoms with Crippen molar-refractivity contribution in [2.45, 2.75) is 110 Å². The number of carbonyl (C=O) groups excluding carboxylic acids is 5. The minimum atomic E-state index is -4.81. The molecule has 17 nitrogen and oxygen atoms in total. The predicted octanol–water partition coefficient (Wildman–Crippen LogP) is 8.59. The number of alkyl halides is 3. The maximum absolute atomic E-state index is 14.5. The van der Waals surface area contributed by atoms with Gasteiger partial charge in [-0.1, -0.05) is 69.3 Å². The van der Waals surface area contributed by atoms with Gasteiger partial charge in [0.25, 0.3) is 5.91 Å². The van der Waals surface area contributed by atoms with Gasteiger partial charge in [-0.3, -0.25) is 28.9 Å². The molecular weight excluding hydrogens is 1100 g/mol. The third kappa shape index (κ3) is 15.4. The summed E-state index contributed by atoms with van der Waals surface area (Å²) in [7, 11) is 5.68. The molecule has 0 spiro atoms. The van der Waals surface area contributed by atoms with Crippen LogP contribution in [0.1, 0.15) is 82.7 Å². The molecule has 1 aromatic heterocycles. The van der Waals surface area contributed by atoms with Gasteiger partial charge < -0.3 is 44.2 Å². The zero-order chi connectivity index (χ0) is 59.9. The second-order valence-electron chi connectivity index (χ2n) is 23.1. The number of esters is 1. The van der Waals surface area contributed by atoms with Gasteiger partial charge in [0, 0.05) is 25.3 Å². The molecule has 3 heterocycles. The first-order valence-electron chi connectivity index (χ1n) is 26.8. The Morgan fingerprint density at radius 3 is 2.15 bits per heavy atom. The van der Waals surface area contributed by atoms with E-state index in [4.69, 9.17) is 26.4 Å². The number of likely N-dealkylation sites (tertiary alicyclic amines) is 1. The fraction of sp³-hybridized carbons (Fsp3) is 0.433. The molecule has 4 atom stereocenters. The summed E-state index contributed by atoms with van der Waals surface area (Å²) in [6.07, 6.45) is -5.67. The Kier molecular flexibility index (Phi) is 19.7. The van der Waals surface area contributed by atoms with Gasteiger partial charge in [-0.15, -0.1) is 11.3 Å². The summed E-state index contributed by atoms with van der Waals surface area (Å²) in [5.41, 5.74) is 2.96. The Balaban J connectivity index is 0.885. The number of carbonyl (C=O) groups is 5. The summed E-state index contributed by atoms with van der Waals surface area (Å²) in [6.45, 7) is 11.3. The number of nitrogens with one attached hydrogen (secondary N) is 2. The molecule has 2 aliphatic heterocycles. The first-order valence-corrected chi connectivity index (χ1v) is 28.1. The number of ether oxygens (including phenoxy) is 3. The van der Waals surface area contributed by atoms with Crippen molar-refractivity contribution >= 4 is 69.6 Å². The number of nitrogens with zero attached hydrogens (tertiary/aromatic N) is 6. The molecule has 0 unspecified atom stereocenters. The summed E-state index contributed by atoms with van der Waals surface area (Å²) < 4.78 is 59.3. The molecule has 0 bridgehead atoms. The highest BCUT2D eigenvalue weighted by molar-refractivity contribution is 7.81. The number of amides is 4. The number of halogens is 3. The van der Waals surface area contributed by atoms with Gasteiger partial charge in [0.15, 0.2) is 5.11 Å². The van der Waals surface area contributed by atoms with Gasteiger partial charge in [-0.05, 0) is 116 Å². The Morgan fingerprint density at radius 1 is 0.927 bits per heavy atom. The van der Waals surface area contributed by atoms with Crippen LogP contribution in [0.5, 0.6) is 5.75 Å². The van der Waals surface area contributed by atoms with Crippen molar-refractivity contribution in [1.82, 2.24) is 20.5 Å². The van der Waals surface area contributed by atoms with Crippen LogP contribution < -0.4 is 25.2 Å². The molecular formula is C60H70F3N8O9S2+. The van der Waals surface area contributed by atoms with Gasteiger partial charge in [-0.2, -0.15) is 18.4 Å². The molecule has 2 saturated heterocycles. The van der Waals surface area contributed by atoms with Gasteiger partial charge in [0.2, 0.25) is 17.7 Å². The van der Waals surface area contributed by atoms with Crippen LogP contribution in [-0.4, -0.2) is 138 Å². The van der Waals surface area contributed by atoms with E-state index in [2.05, 4.69) is 15.6 Å². The maximum atomic E-state index is 14.5. The number of anilines is 2. The molecule has 0 radical (unpaired) electrons. The summed E-state index contributed by atoms with van der Waals surface area (Å²) in [4.78, 5) is 78.1. The molecule has 7 rings (SSSR count). The van der Waals surface area contributed by atoms with Crippen molar-refractivity contribution in [2.75, 3.05) is 63.9 Å². The average Bonchev–Trinajstić information content (AvgIpc) is 4.13. The van der Waals surface area contributed by atoms with E-state index in [1.165, 1.54) is 11.0 Å². The van der Waals surface area contributed by atoms with Gasteiger partial charge in [0.1, 0.15) is 48.7 Å². The largest absolute Gasteiger partial charge is 0.494 e. The van der Waals surface area contributed by atoms with Crippen LogP contribution in [0.15, 0.2) is 96.5 Å². The highest BCUT2D eigenvalue weighted by atomic mass is 32.1. The lowest BCUT2D eigenvalue weighted by Gasteiger charge is -2.35. The van der Waals surface area contributed by atoms with Crippen molar-refractivity contribution < 1.29 is 60.9 Å². The first kappa shape index (κ1) is 62.3. The fourth-order valence-corrected chi connectivity index (χ4v) is 11.2. The SMILES string of the molecule is Cc1ncsc1-c1ccc(CNC(=O)[C@@H]2C[C@@H](OC(=O)C[C@@H](O)C[N+](C)(C)C)CN2C(=O)[C@@H](NC(=O)COCCCCOc2ccc(-c3ccc(N4C(=S)N(c5ccc(C#N)c(C(F)(F)F)c5)C(=O)C4(C)C)cc3)cc2)C(C)(C)C)cc1. The molecule has 0 aliphatic carbocycles. The van der Waals surface area contributed by atoms with E-state index in [0.29, 0.717) is 41.9 Å². The highest BCUT2D eigenvalue weighted by Gasteiger charge is 2.51. The van der Waals surface area contributed by atoms with Crippen LogP contribution in [0.25, 0.3) is 21.6 Å². The van der Waals surface area contributed by atoms with Crippen LogP contribution in [0.2, 0.25) is 0 Å². The van der Waals surface area contributed by atoms with Crippen LogP contribution in [0.4, 0.5) is 24.5 Å². The number of aliphatic hydroxyl groups is 1. The fourth-order valence-electron chi connectivity index (χ4n) is 9.84. The van der Waals surface area contributed by atoms with Gasteiger partial charge in [0.05, 0.1) is 79.7 Å². The quantitative estimate of drug-likeness (QED) is 0.0258. The number of benzene rings is 4. The van der Waals surface area contributed by atoms with Crippen molar-refractivity contribution in [3.63, 3.8) is 0 Å². The standard InChI is InChI=1S/C60H69F3N8O9S2/c1-37-52(82-36-66-37)41-14-12-38(13-15-41)32-65-54(75)49-30-47(80-51(74)29-45(72)34-71(7,8)9)33-68(49)55(76)53(58(2,3)4)67-50(73)35-78-26-10-11-27-79-46-24-19-40(20-25-46)39-16-21-43(22-17-39)70-57(81)69(56(77)59(70,5)6)44-23-18-42(31-64)48(28-44)60(61,62)63/h12-25,28,36,45,47,49,53,72H,10-11,26-27,29-30,32-35H2,1-9H3,(H-,65,67,73,75)/p+1/t45-,47-,49+,53-/m1/s1. The Morgan fingerprint density at radius 2 is 1.55 bits per heavy atom. The number of unbranched alkanes of at least 4 members (excludes halogenated alkanes) is 1. The zero-order valence-electron chi connectivity index (χ0n) is 47.5.